The summed E-state index contributed by atoms with van der Waals surface area (Å²) in [5.41, 5.74) is -0.704. The van der Waals surface area contributed by atoms with Crippen molar-refractivity contribution in [1.82, 2.24) is 4.72 Å². The van der Waals surface area contributed by atoms with Crippen molar-refractivity contribution >= 4 is 27.6 Å². The van der Waals surface area contributed by atoms with Crippen LogP contribution in [0.4, 0.5) is 0 Å². The normalized spacial score (nSPS) is 12.4. The fraction of sp³-hybridized carbons (Fsp3) is 0.462. The lowest BCUT2D eigenvalue weighted by atomic mass is 10.0. The minimum absolute atomic E-state index is 0.0447. The van der Waals surface area contributed by atoms with E-state index in [1.807, 2.05) is 6.92 Å². The summed E-state index contributed by atoms with van der Waals surface area (Å²) < 4.78 is 27.1. The van der Waals surface area contributed by atoms with Gasteiger partial charge in [-0.15, -0.1) is 0 Å². The number of carboxylic acids is 1. The van der Waals surface area contributed by atoms with Crippen molar-refractivity contribution in [2.24, 2.45) is 0 Å². The molecule has 0 heterocycles. The molecule has 0 aliphatic rings. The molecule has 20 heavy (non-hydrogen) atoms. The Labute approximate surface area is 124 Å². The molecule has 5 nitrogen and oxygen atoms in total. The van der Waals surface area contributed by atoms with Crippen molar-refractivity contribution < 1.29 is 18.3 Å². The molecule has 0 saturated carbocycles. The molecule has 0 unspecified atom stereocenters. The zero-order valence-electron chi connectivity index (χ0n) is 11.6. The van der Waals surface area contributed by atoms with Crippen LogP contribution in [0.1, 0.15) is 44.0 Å². The number of sulfonamides is 1. The van der Waals surface area contributed by atoms with Crippen LogP contribution in [0, 0.1) is 0 Å². The summed E-state index contributed by atoms with van der Waals surface area (Å²) >= 11 is 5.79. The van der Waals surface area contributed by atoms with E-state index in [0.29, 0.717) is 6.42 Å². The molecule has 112 valence electrons. The van der Waals surface area contributed by atoms with Gasteiger partial charge in [-0.2, -0.15) is 0 Å². The molecule has 0 spiro atoms. The van der Waals surface area contributed by atoms with Gasteiger partial charge in [0.05, 0.1) is 15.5 Å². The van der Waals surface area contributed by atoms with Gasteiger partial charge in [-0.3, -0.25) is 0 Å². The Morgan fingerprint density at radius 3 is 2.45 bits per heavy atom. The molecular formula is C13H18ClNO4S. The minimum atomic E-state index is -3.73. The van der Waals surface area contributed by atoms with Gasteiger partial charge in [0.25, 0.3) is 0 Å². The average molecular weight is 320 g/mol. The lowest BCUT2D eigenvalue weighted by molar-refractivity contribution is 0.0697. The summed E-state index contributed by atoms with van der Waals surface area (Å²) in [4.78, 5) is 10.8. The smallest absolute Gasteiger partial charge is 0.337 e. The predicted molar refractivity (Wildman–Crippen MR) is 77.7 cm³/mol. The van der Waals surface area contributed by atoms with Gasteiger partial charge in [0.2, 0.25) is 10.0 Å². The molecule has 1 aromatic carbocycles. The second-order valence-corrected chi connectivity index (χ2v) is 7.28. The molecule has 1 aromatic rings. The fourth-order valence-corrected chi connectivity index (χ4v) is 3.73. The van der Waals surface area contributed by atoms with Crippen LogP contribution in [0.3, 0.4) is 0 Å². The minimum Gasteiger partial charge on any atom is -0.478 e. The SMILES string of the molecule is CCCC(C)(C)NS(=O)(=O)c1ccc(C(=O)O)c(Cl)c1. The molecule has 0 amide bonds. The highest BCUT2D eigenvalue weighted by Crippen LogP contribution is 2.23. The molecule has 2 N–H and O–H groups in total. The van der Waals surface area contributed by atoms with Crippen LogP contribution in [0.2, 0.25) is 5.02 Å². The number of hydrogen-bond acceptors (Lipinski definition) is 3. The van der Waals surface area contributed by atoms with Crippen molar-refractivity contribution in [3.05, 3.63) is 28.8 Å². The summed E-state index contributed by atoms with van der Waals surface area (Å²) in [6.45, 7) is 5.55. The Morgan fingerprint density at radius 2 is 2.00 bits per heavy atom. The van der Waals surface area contributed by atoms with Crippen molar-refractivity contribution in [2.75, 3.05) is 0 Å². The van der Waals surface area contributed by atoms with E-state index in [1.54, 1.807) is 13.8 Å². The zero-order chi connectivity index (χ0) is 15.6. The first-order valence-electron chi connectivity index (χ1n) is 6.16. The van der Waals surface area contributed by atoms with Gasteiger partial charge in [-0.25, -0.2) is 17.9 Å². The third-order valence-electron chi connectivity index (χ3n) is 2.77. The Morgan fingerprint density at radius 1 is 1.40 bits per heavy atom. The maximum atomic E-state index is 12.2. The molecule has 0 aliphatic heterocycles. The molecule has 0 aromatic heterocycles. The number of carbonyl (C=O) groups is 1. The highest BCUT2D eigenvalue weighted by molar-refractivity contribution is 7.89. The van der Waals surface area contributed by atoms with E-state index in [1.165, 1.54) is 12.1 Å². The first kappa shape index (κ1) is 16.9. The van der Waals surface area contributed by atoms with E-state index in [0.717, 1.165) is 12.5 Å². The quantitative estimate of drug-likeness (QED) is 0.844. The first-order valence-corrected chi connectivity index (χ1v) is 8.02. The molecule has 0 fully saturated rings. The van der Waals surface area contributed by atoms with Gasteiger partial charge < -0.3 is 5.11 Å². The van der Waals surface area contributed by atoms with Crippen molar-refractivity contribution in [3.63, 3.8) is 0 Å². The van der Waals surface area contributed by atoms with Crippen molar-refractivity contribution in [2.45, 2.75) is 44.0 Å². The van der Waals surface area contributed by atoms with E-state index in [9.17, 15) is 13.2 Å². The number of benzene rings is 1. The molecule has 0 aliphatic carbocycles. The van der Waals surface area contributed by atoms with Crippen molar-refractivity contribution in [1.29, 1.82) is 0 Å². The standard InChI is InChI=1S/C13H18ClNO4S/c1-4-7-13(2,3)15-20(18,19)9-5-6-10(12(16)17)11(14)8-9/h5-6,8,15H,4,7H2,1-3H3,(H,16,17). The van der Waals surface area contributed by atoms with Crippen LogP contribution in [-0.4, -0.2) is 25.0 Å². The van der Waals surface area contributed by atoms with E-state index >= 15 is 0 Å². The Balaban J connectivity index is 3.11. The fourth-order valence-electron chi connectivity index (χ4n) is 1.94. The predicted octanol–water partition coefficient (Wildman–Crippen LogP) is 2.90. The maximum Gasteiger partial charge on any atom is 0.337 e. The molecule has 0 atom stereocenters. The second-order valence-electron chi connectivity index (χ2n) is 5.19. The van der Waals surface area contributed by atoms with Crippen LogP contribution in [0.15, 0.2) is 23.1 Å². The van der Waals surface area contributed by atoms with Gasteiger partial charge in [0.1, 0.15) is 0 Å². The molecule has 0 radical (unpaired) electrons. The summed E-state index contributed by atoms with van der Waals surface area (Å²) in [7, 11) is -3.73. The van der Waals surface area contributed by atoms with E-state index in [2.05, 4.69) is 4.72 Å². The molecule has 1 rings (SSSR count). The largest absolute Gasteiger partial charge is 0.478 e. The molecule has 7 heteroatoms. The van der Waals surface area contributed by atoms with Crippen molar-refractivity contribution in [3.8, 4) is 0 Å². The summed E-state index contributed by atoms with van der Waals surface area (Å²) in [6, 6.07) is 3.57. The maximum absolute atomic E-state index is 12.2. The number of carboxylic acid groups (broad SMARTS) is 1. The summed E-state index contributed by atoms with van der Waals surface area (Å²) in [5.74, 6) is -1.20. The zero-order valence-corrected chi connectivity index (χ0v) is 13.2. The molecule has 0 saturated heterocycles. The highest BCUT2D eigenvalue weighted by atomic mass is 35.5. The number of aromatic carboxylic acids is 1. The number of hydrogen-bond donors (Lipinski definition) is 2. The van der Waals surface area contributed by atoms with E-state index < -0.39 is 21.5 Å². The van der Waals surface area contributed by atoms with Gasteiger partial charge in [-0.05, 0) is 38.5 Å². The average Bonchev–Trinajstić information content (AvgIpc) is 2.26. The Kier molecular flexibility index (Phi) is 5.18. The van der Waals surface area contributed by atoms with E-state index in [4.69, 9.17) is 16.7 Å². The first-order chi connectivity index (χ1) is 9.09. The van der Waals surface area contributed by atoms with Gasteiger partial charge >= 0.3 is 5.97 Å². The summed E-state index contributed by atoms with van der Waals surface area (Å²) in [5, 5.41) is 8.76. The molecular weight excluding hydrogens is 302 g/mol. The lowest BCUT2D eigenvalue weighted by Gasteiger charge is -2.25. The third-order valence-corrected chi connectivity index (χ3v) is 4.78. The summed E-state index contributed by atoms with van der Waals surface area (Å²) in [6.07, 6.45) is 1.53. The molecule has 0 bridgehead atoms. The number of halogens is 1. The number of rotatable bonds is 6. The topological polar surface area (TPSA) is 83.5 Å². The van der Waals surface area contributed by atoms with Crippen LogP contribution in [0.25, 0.3) is 0 Å². The van der Waals surface area contributed by atoms with Gasteiger partial charge in [0.15, 0.2) is 0 Å². The third kappa shape index (κ3) is 4.19. The van der Waals surface area contributed by atoms with E-state index in [-0.39, 0.29) is 15.5 Å². The van der Waals surface area contributed by atoms with Gasteiger partial charge in [0, 0.05) is 5.54 Å². The lowest BCUT2D eigenvalue weighted by Crippen LogP contribution is -2.43. The number of nitrogens with one attached hydrogen (secondary N) is 1. The van der Waals surface area contributed by atoms with Crippen LogP contribution in [0.5, 0.6) is 0 Å². The monoisotopic (exact) mass is 319 g/mol. The van der Waals surface area contributed by atoms with Crippen LogP contribution >= 0.6 is 11.6 Å². The van der Waals surface area contributed by atoms with Gasteiger partial charge in [-0.1, -0.05) is 24.9 Å². The second kappa shape index (κ2) is 6.11. The van der Waals surface area contributed by atoms with Crippen LogP contribution in [-0.2, 0) is 10.0 Å². The Bertz CT molecular complexity index is 611. The van der Waals surface area contributed by atoms with Crippen LogP contribution < -0.4 is 4.72 Å². The Hall–Kier alpha value is -1.11. The highest BCUT2D eigenvalue weighted by Gasteiger charge is 2.26.